The highest BCUT2D eigenvalue weighted by Crippen LogP contribution is 2.16. The van der Waals surface area contributed by atoms with E-state index >= 15 is 0 Å². The smallest absolute Gasteiger partial charge is 0.357 e. The number of rotatable bonds is 10. The van der Waals surface area contributed by atoms with Crippen molar-refractivity contribution >= 4 is 23.2 Å². The number of amides is 1. The number of hydrogen-bond donors (Lipinski definition) is 0. The highest BCUT2D eigenvalue weighted by molar-refractivity contribution is 7.09. The molecule has 0 aliphatic heterocycles. The van der Waals surface area contributed by atoms with Crippen LogP contribution >= 0.6 is 11.3 Å². The van der Waals surface area contributed by atoms with Gasteiger partial charge in [-0.25, -0.2) is 9.78 Å². The average Bonchev–Trinajstić information content (AvgIpc) is 3.16. The minimum Gasteiger partial charge on any atom is -0.497 e. The summed E-state index contributed by atoms with van der Waals surface area (Å²) in [4.78, 5) is 30.4. The standard InChI is InChI=1S/C19H24N2O5S/c1-24-10-4-9-21(12-17-20-16(13-27-17)19(23)26-3)18(22)11-14-5-7-15(25-2)8-6-14/h5-8,13H,4,9-12H2,1-3H3. The van der Waals surface area contributed by atoms with Gasteiger partial charge in [0.2, 0.25) is 5.91 Å². The molecule has 2 rings (SSSR count). The van der Waals surface area contributed by atoms with Crippen molar-refractivity contribution in [2.24, 2.45) is 0 Å². The molecule has 1 amide bonds. The van der Waals surface area contributed by atoms with Gasteiger partial charge in [0.05, 0.1) is 27.2 Å². The minimum absolute atomic E-state index is 0.00825. The van der Waals surface area contributed by atoms with Gasteiger partial charge >= 0.3 is 5.97 Å². The van der Waals surface area contributed by atoms with Crippen LogP contribution in [0, 0.1) is 0 Å². The van der Waals surface area contributed by atoms with E-state index in [1.54, 1.807) is 24.5 Å². The van der Waals surface area contributed by atoms with Crippen LogP contribution in [0.5, 0.6) is 5.75 Å². The monoisotopic (exact) mass is 392 g/mol. The molecule has 1 aromatic carbocycles. The normalized spacial score (nSPS) is 10.5. The fourth-order valence-electron chi connectivity index (χ4n) is 2.47. The van der Waals surface area contributed by atoms with Crippen LogP contribution in [0.3, 0.4) is 0 Å². The predicted molar refractivity (Wildman–Crippen MR) is 102 cm³/mol. The molecule has 0 spiro atoms. The van der Waals surface area contributed by atoms with Crippen molar-refractivity contribution in [1.29, 1.82) is 0 Å². The maximum Gasteiger partial charge on any atom is 0.357 e. The van der Waals surface area contributed by atoms with E-state index in [4.69, 9.17) is 9.47 Å². The van der Waals surface area contributed by atoms with E-state index in [1.807, 2.05) is 24.3 Å². The van der Waals surface area contributed by atoms with Gasteiger partial charge in [0.25, 0.3) is 0 Å². The molecule has 0 saturated heterocycles. The number of aromatic nitrogens is 1. The molecule has 0 atom stereocenters. The topological polar surface area (TPSA) is 78.0 Å². The number of hydrogen-bond acceptors (Lipinski definition) is 7. The molecule has 8 heteroatoms. The summed E-state index contributed by atoms with van der Waals surface area (Å²) in [6, 6.07) is 7.42. The highest BCUT2D eigenvalue weighted by atomic mass is 32.1. The molecule has 0 unspecified atom stereocenters. The third-order valence-corrected chi connectivity index (χ3v) is 4.75. The Hall–Kier alpha value is -2.45. The average molecular weight is 392 g/mol. The Morgan fingerprint density at radius 1 is 1.15 bits per heavy atom. The summed E-state index contributed by atoms with van der Waals surface area (Å²) < 4.78 is 14.9. The van der Waals surface area contributed by atoms with E-state index in [1.165, 1.54) is 18.4 Å². The molecule has 1 heterocycles. The summed E-state index contributed by atoms with van der Waals surface area (Å²) in [5.74, 6) is 0.264. The van der Waals surface area contributed by atoms with Crippen molar-refractivity contribution < 1.29 is 23.8 Å². The van der Waals surface area contributed by atoms with Crippen molar-refractivity contribution in [1.82, 2.24) is 9.88 Å². The molecular weight excluding hydrogens is 368 g/mol. The molecule has 0 aliphatic rings. The Balaban J connectivity index is 2.06. The van der Waals surface area contributed by atoms with Crippen molar-refractivity contribution in [2.45, 2.75) is 19.4 Å². The van der Waals surface area contributed by atoms with Crippen molar-refractivity contribution in [2.75, 3.05) is 34.5 Å². The van der Waals surface area contributed by atoms with Gasteiger partial charge in [0.15, 0.2) is 5.69 Å². The maximum absolute atomic E-state index is 12.8. The van der Waals surface area contributed by atoms with E-state index < -0.39 is 5.97 Å². The molecule has 0 bridgehead atoms. The number of esters is 1. The Morgan fingerprint density at radius 2 is 1.89 bits per heavy atom. The summed E-state index contributed by atoms with van der Waals surface area (Å²) in [7, 11) is 4.55. The summed E-state index contributed by atoms with van der Waals surface area (Å²) in [6.07, 6.45) is 1.01. The van der Waals surface area contributed by atoms with Gasteiger partial charge in [-0.2, -0.15) is 0 Å². The lowest BCUT2D eigenvalue weighted by atomic mass is 10.1. The lowest BCUT2D eigenvalue weighted by Gasteiger charge is -2.21. The molecule has 0 saturated carbocycles. The molecule has 0 N–H and O–H groups in total. The van der Waals surface area contributed by atoms with E-state index in [0.717, 1.165) is 17.7 Å². The number of ether oxygens (including phenoxy) is 3. The van der Waals surface area contributed by atoms with Gasteiger partial charge in [0, 0.05) is 25.6 Å². The van der Waals surface area contributed by atoms with Crippen molar-refractivity contribution in [3.63, 3.8) is 0 Å². The number of thiazole rings is 1. The SMILES string of the molecule is COCCCN(Cc1nc(C(=O)OC)cs1)C(=O)Cc1ccc(OC)cc1. The molecule has 27 heavy (non-hydrogen) atoms. The number of nitrogens with zero attached hydrogens (tertiary/aromatic N) is 2. The first kappa shape index (κ1) is 20.9. The molecule has 1 aromatic heterocycles. The number of methoxy groups -OCH3 is 3. The largest absolute Gasteiger partial charge is 0.497 e. The molecular formula is C19H24N2O5S. The van der Waals surface area contributed by atoms with Gasteiger partial charge in [0.1, 0.15) is 10.8 Å². The second-order valence-corrected chi connectivity index (χ2v) is 6.75. The van der Waals surface area contributed by atoms with Gasteiger partial charge in [-0.1, -0.05) is 12.1 Å². The fourth-order valence-corrected chi connectivity index (χ4v) is 3.24. The van der Waals surface area contributed by atoms with Gasteiger partial charge in [-0.05, 0) is 24.1 Å². The van der Waals surface area contributed by atoms with Crippen LogP contribution < -0.4 is 4.74 Å². The molecule has 0 radical (unpaired) electrons. The zero-order chi connectivity index (χ0) is 19.6. The van der Waals surface area contributed by atoms with Crippen LogP contribution in [-0.2, 0) is 27.2 Å². The van der Waals surface area contributed by atoms with Crippen LogP contribution in [0.4, 0.5) is 0 Å². The number of benzene rings is 1. The zero-order valence-corrected chi connectivity index (χ0v) is 16.6. The summed E-state index contributed by atoms with van der Waals surface area (Å²) in [5, 5.41) is 2.33. The van der Waals surface area contributed by atoms with Gasteiger partial charge in [-0.15, -0.1) is 11.3 Å². The van der Waals surface area contributed by atoms with Crippen LogP contribution in [0.1, 0.15) is 27.5 Å². The molecule has 0 aliphatic carbocycles. The Morgan fingerprint density at radius 3 is 2.52 bits per heavy atom. The van der Waals surface area contributed by atoms with Crippen LogP contribution in [0.25, 0.3) is 0 Å². The first-order chi connectivity index (χ1) is 13.1. The zero-order valence-electron chi connectivity index (χ0n) is 15.8. The predicted octanol–water partition coefficient (Wildman–Crippen LogP) is 2.55. The second-order valence-electron chi connectivity index (χ2n) is 5.80. The summed E-state index contributed by atoms with van der Waals surface area (Å²) in [5.41, 5.74) is 1.17. The van der Waals surface area contributed by atoms with Crippen LogP contribution in [-0.4, -0.2) is 56.2 Å². The minimum atomic E-state index is -0.479. The van der Waals surface area contributed by atoms with E-state index in [0.29, 0.717) is 24.7 Å². The second kappa shape index (κ2) is 10.6. The Kier molecular flexibility index (Phi) is 8.22. The maximum atomic E-state index is 12.8. The number of carbonyl (C=O) groups excluding carboxylic acids is 2. The van der Waals surface area contributed by atoms with Crippen LogP contribution in [0.15, 0.2) is 29.6 Å². The van der Waals surface area contributed by atoms with E-state index in [2.05, 4.69) is 9.72 Å². The number of carbonyl (C=O) groups is 2. The third kappa shape index (κ3) is 6.33. The first-order valence-corrected chi connectivity index (χ1v) is 9.37. The highest BCUT2D eigenvalue weighted by Gasteiger charge is 2.18. The summed E-state index contributed by atoms with van der Waals surface area (Å²) >= 11 is 1.34. The van der Waals surface area contributed by atoms with Gasteiger partial charge < -0.3 is 19.1 Å². The lowest BCUT2D eigenvalue weighted by molar-refractivity contribution is -0.131. The quantitative estimate of drug-likeness (QED) is 0.457. The van der Waals surface area contributed by atoms with E-state index in [-0.39, 0.29) is 18.0 Å². The first-order valence-electron chi connectivity index (χ1n) is 8.49. The Bertz CT molecular complexity index is 745. The molecule has 7 nitrogen and oxygen atoms in total. The van der Waals surface area contributed by atoms with Crippen molar-refractivity contribution in [3.8, 4) is 5.75 Å². The third-order valence-electron chi connectivity index (χ3n) is 3.92. The molecule has 0 fully saturated rings. The van der Waals surface area contributed by atoms with Crippen molar-refractivity contribution in [3.05, 3.63) is 45.9 Å². The fraction of sp³-hybridized carbons (Fsp3) is 0.421. The molecule has 146 valence electrons. The van der Waals surface area contributed by atoms with E-state index in [9.17, 15) is 9.59 Å². The van der Waals surface area contributed by atoms with Gasteiger partial charge in [-0.3, -0.25) is 4.79 Å². The lowest BCUT2D eigenvalue weighted by Crippen LogP contribution is -2.33. The van der Waals surface area contributed by atoms with Crippen LogP contribution in [0.2, 0.25) is 0 Å². The molecule has 2 aromatic rings. The Labute approximate surface area is 162 Å². The summed E-state index contributed by atoms with van der Waals surface area (Å²) in [6.45, 7) is 1.47.